The van der Waals surface area contributed by atoms with Gasteiger partial charge in [-0.25, -0.2) is 0 Å². The van der Waals surface area contributed by atoms with Gasteiger partial charge >= 0.3 is 0 Å². The molecule has 0 aromatic heterocycles. The van der Waals surface area contributed by atoms with Crippen molar-refractivity contribution in [3.05, 3.63) is 94.0 Å². The third kappa shape index (κ3) is 5.20. The average molecular weight is 520 g/mol. The highest BCUT2D eigenvalue weighted by Gasteiger charge is 2.47. The lowest BCUT2D eigenvalue weighted by Gasteiger charge is -2.26. The molecule has 1 atom stereocenters. The molecular formula is C30H30ClNO5. The summed E-state index contributed by atoms with van der Waals surface area (Å²) < 4.78 is 11.1. The molecule has 0 bridgehead atoms. The maximum Gasteiger partial charge on any atom is 0.300 e. The van der Waals surface area contributed by atoms with E-state index in [2.05, 4.69) is 13.8 Å². The van der Waals surface area contributed by atoms with Crippen molar-refractivity contribution < 1.29 is 24.2 Å². The zero-order chi connectivity index (χ0) is 26.7. The van der Waals surface area contributed by atoms with Gasteiger partial charge in [0.05, 0.1) is 29.9 Å². The van der Waals surface area contributed by atoms with E-state index in [1.165, 1.54) is 4.90 Å². The van der Waals surface area contributed by atoms with Crippen LogP contribution in [0.1, 0.15) is 56.3 Å². The number of aliphatic hydroxyl groups excluding tert-OH is 1. The first-order valence-corrected chi connectivity index (χ1v) is 12.7. The van der Waals surface area contributed by atoms with Gasteiger partial charge < -0.3 is 14.6 Å². The molecule has 7 heteroatoms. The minimum atomic E-state index is -0.841. The van der Waals surface area contributed by atoms with Crippen LogP contribution in [-0.2, 0) is 9.59 Å². The Kier molecular flexibility index (Phi) is 7.89. The summed E-state index contributed by atoms with van der Waals surface area (Å²) in [6.45, 7) is 8.79. The van der Waals surface area contributed by atoms with Crippen molar-refractivity contribution in [2.24, 2.45) is 0 Å². The van der Waals surface area contributed by atoms with Gasteiger partial charge in [0.25, 0.3) is 11.7 Å². The highest BCUT2D eigenvalue weighted by Crippen LogP contribution is 2.43. The Morgan fingerprint density at radius 2 is 1.59 bits per heavy atom. The molecule has 4 rings (SSSR count). The van der Waals surface area contributed by atoms with Gasteiger partial charge in [-0.05, 0) is 73.4 Å². The number of benzene rings is 3. The number of halogens is 1. The van der Waals surface area contributed by atoms with E-state index in [-0.39, 0.29) is 11.3 Å². The summed E-state index contributed by atoms with van der Waals surface area (Å²) >= 11 is 6.23. The molecule has 1 heterocycles. The lowest BCUT2D eigenvalue weighted by atomic mass is 9.94. The van der Waals surface area contributed by atoms with Gasteiger partial charge in [-0.15, -0.1) is 0 Å². The molecule has 1 unspecified atom stereocenters. The quantitative estimate of drug-likeness (QED) is 0.199. The largest absolute Gasteiger partial charge is 0.507 e. The van der Waals surface area contributed by atoms with E-state index in [9.17, 15) is 14.7 Å². The number of carbonyl (C=O) groups is 2. The predicted octanol–water partition coefficient (Wildman–Crippen LogP) is 6.89. The van der Waals surface area contributed by atoms with Crippen molar-refractivity contribution in [1.29, 1.82) is 0 Å². The summed E-state index contributed by atoms with van der Waals surface area (Å²) in [4.78, 5) is 28.3. The average Bonchev–Trinajstić information content (AvgIpc) is 3.16. The minimum Gasteiger partial charge on any atom is -0.507 e. The molecule has 3 aromatic carbocycles. The van der Waals surface area contributed by atoms with E-state index in [1.54, 1.807) is 42.5 Å². The SMILES string of the molecule is CCOc1ccc(C2/C(=C(/O)c3ccc(Cl)c(OCC)c3)C(=O)C(=O)N2c2ccc(C(C)C)cc2)cc1. The fourth-order valence-corrected chi connectivity index (χ4v) is 4.59. The van der Waals surface area contributed by atoms with Crippen molar-refractivity contribution in [2.45, 2.75) is 39.7 Å². The summed E-state index contributed by atoms with van der Waals surface area (Å²) in [5.41, 5.74) is 2.66. The highest BCUT2D eigenvalue weighted by molar-refractivity contribution is 6.51. The van der Waals surface area contributed by atoms with Crippen molar-refractivity contribution in [2.75, 3.05) is 18.1 Å². The van der Waals surface area contributed by atoms with E-state index in [0.717, 1.165) is 5.56 Å². The monoisotopic (exact) mass is 519 g/mol. The second kappa shape index (κ2) is 11.1. The number of Topliss-reactive ketones (excluding diaryl/α,β-unsaturated/α-hetero) is 1. The van der Waals surface area contributed by atoms with Crippen LogP contribution in [-0.4, -0.2) is 30.0 Å². The number of amides is 1. The van der Waals surface area contributed by atoms with Crippen LogP contribution in [0.25, 0.3) is 5.76 Å². The van der Waals surface area contributed by atoms with Gasteiger partial charge in [0.2, 0.25) is 0 Å². The van der Waals surface area contributed by atoms with Crippen molar-refractivity contribution in [3.63, 3.8) is 0 Å². The Morgan fingerprint density at radius 3 is 2.19 bits per heavy atom. The Morgan fingerprint density at radius 1 is 0.946 bits per heavy atom. The van der Waals surface area contributed by atoms with Gasteiger partial charge in [0.15, 0.2) is 0 Å². The molecule has 1 fully saturated rings. The Hall–Kier alpha value is -3.77. The lowest BCUT2D eigenvalue weighted by Crippen LogP contribution is -2.29. The summed E-state index contributed by atoms with van der Waals surface area (Å²) in [7, 11) is 0. The molecular weight excluding hydrogens is 490 g/mol. The van der Waals surface area contributed by atoms with E-state index >= 15 is 0 Å². The van der Waals surface area contributed by atoms with Gasteiger partial charge in [-0.3, -0.25) is 14.5 Å². The van der Waals surface area contributed by atoms with Crippen LogP contribution in [0.4, 0.5) is 5.69 Å². The summed E-state index contributed by atoms with van der Waals surface area (Å²) in [5, 5.41) is 11.8. The normalized spacial score (nSPS) is 16.9. The molecule has 6 nitrogen and oxygen atoms in total. The molecule has 0 aliphatic carbocycles. The fourth-order valence-electron chi connectivity index (χ4n) is 4.42. The van der Waals surface area contributed by atoms with Crippen LogP contribution in [0.2, 0.25) is 5.02 Å². The van der Waals surface area contributed by atoms with E-state index in [4.69, 9.17) is 21.1 Å². The highest BCUT2D eigenvalue weighted by atomic mass is 35.5. The van der Waals surface area contributed by atoms with Gasteiger partial charge in [0, 0.05) is 11.3 Å². The van der Waals surface area contributed by atoms with E-state index < -0.39 is 17.7 Å². The van der Waals surface area contributed by atoms with Crippen LogP contribution in [0.3, 0.4) is 0 Å². The molecule has 192 valence electrons. The molecule has 1 aliphatic rings. The molecule has 3 aromatic rings. The van der Waals surface area contributed by atoms with Crippen LogP contribution in [0, 0.1) is 0 Å². The zero-order valence-electron chi connectivity index (χ0n) is 21.3. The second-order valence-corrected chi connectivity index (χ2v) is 9.40. The number of anilines is 1. The third-order valence-corrected chi connectivity index (χ3v) is 6.61. The molecule has 1 amide bonds. The Balaban J connectivity index is 1.89. The Labute approximate surface area is 222 Å². The standard InChI is InChI=1S/C30H30ClNO5/c1-5-36-23-14-9-20(10-15-23)27-26(28(33)21-11-16-24(31)25(17-21)37-6-2)29(34)30(35)32(27)22-12-7-19(8-13-22)18(3)4/h7-18,27,33H,5-6H2,1-4H3/b28-26-. The molecule has 0 spiro atoms. The first kappa shape index (κ1) is 26.3. The summed E-state index contributed by atoms with van der Waals surface area (Å²) in [5.74, 6) is -0.409. The number of ether oxygens (including phenoxy) is 2. The van der Waals surface area contributed by atoms with Crippen molar-refractivity contribution >= 4 is 34.7 Å². The van der Waals surface area contributed by atoms with Crippen LogP contribution < -0.4 is 14.4 Å². The minimum absolute atomic E-state index is 0.00753. The molecule has 37 heavy (non-hydrogen) atoms. The lowest BCUT2D eigenvalue weighted by molar-refractivity contribution is -0.132. The maximum absolute atomic E-state index is 13.4. The number of nitrogens with zero attached hydrogens (tertiary/aromatic N) is 1. The van der Waals surface area contributed by atoms with Gasteiger partial charge in [-0.2, -0.15) is 0 Å². The molecule has 1 aliphatic heterocycles. The molecule has 0 saturated carbocycles. The molecule has 1 N–H and O–H groups in total. The number of ketones is 1. The topological polar surface area (TPSA) is 76.1 Å². The molecule has 1 saturated heterocycles. The smallest absolute Gasteiger partial charge is 0.300 e. The van der Waals surface area contributed by atoms with E-state index in [1.807, 2.05) is 38.1 Å². The first-order valence-electron chi connectivity index (χ1n) is 12.3. The first-order chi connectivity index (χ1) is 17.8. The molecule has 0 radical (unpaired) electrons. The van der Waals surface area contributed by atoms with Crippen LogP contribution in [0.15, 0.2) is 72.3 Å². The second-order valence-electron chi connectivity index (χ2n) is 9.00. The van der Waals surface area contributed by atoms with Gasteiger partial charge in [-0.1, -0.05) is 49.7 Å². The number of aliphatic hydroxyl groups is 1. The number of hydrogen-bond donors (Lipinski definition) is 1. The number of rotatable bonds is 8. The third-order valence-electron chi connectivity index (χ3n) is 6.29. The fraction of sp³-hybridized carbons (Fsp3) is 0.267. The zero-order valence-corrected chi connectivity index (χ0v) is 22.1. The van der Waals surface area contributed by atoms with Crippen LogP contribution in [0.5, 0.6) is 11.5 Å². The van der Waals surface area contributed by atoms with Crippen molar-refractivity contribution in [1.82, 2.24) is 0 Å². The predicted molar refractivity (Wildman–Crippen MR) is 146 cm³/mol. The Bertz CT molecular complexity index is 1330. The van der Waals surface area contributed by atoms with Crippen LogP contribution >= 0.6 is 11.6 Å². The number of hydrogen-bond acceptors (Lipinski definition) is 5. The van der Waals surface area contributed by atoms with Crippen molar-refractivity contribution in [3.8, 4) is 11.5 Å². The van der Waals surface area contributed by atoms with E-state index in [0.29, 0.717) is 52.5 Å². The summed E-state index contributed by atoms with van der Waals surface area (Å²) in [6.07, 6.45) is 0. The number of carbonyl (C=O) groups excluding carboxylic acids is 2. The van der Waals surface area contributed by atoms with Gasteiger partial charge in [0.1, 0.15) is 17.3 Å². The summed E-state index contributed by atoms with van der Waals surface area (Å²) in [6, 6.07) is 18.7. The maximum atomic E-state index is 13.4.